The number of nitrogens with zero attached hydrogens (tertiary/aromatic N) is 2. The maximum atomic E-state index is 9.15. The summed E-state index contributed by atoms with van der Waals surface area (Å²) < 4.78 is 0. The molecule has 0 aliphatic heterocycles. The summed E-state index contributed by atoms with van der Waals surface area (Å²) in [5, 5.41) is 9.15. The van der Waals surface area contributed by atoms with Crippen LogP contribution in [0, 0.1) is 0 Å². The number of aliphatic hydroxyl groups is 1. The number of likely N-dealkylation sites (N-methyl/N-ethyl adjacent to an activating group) is 1. The molecule has 0 radical (unpaired) electrons. The van der Waals surface area contributed by atoms with Gasteiger partial charge in [-0.25, -0.2) is 0 Å². The smallest absolute Gasteiger partial charge is 0.0512 e. The Morgan fingerprint density at radius 1 is 1.31 bits per heavy atom. The fourth-order valence-electron chi connectivity index (χ4n) is 1.64. The summed E-state index contributed by atoms with van der Waals surface area (Å²) in [5.74, 6) is 0. The van der Waals surface area contributed by atoms with Crippen LogP contribution >= 0.6 is 0 Å². The molecule has 1 aromatic rings. The van der Waals surface area contributed by atoms with Gasteiger partial charge in [0.1, 0.15) is 0 Å². The molecule has 0 saturated carbocycles. The summed E-state index contributed by atoms with van der Waals surface area (Å²) in [5.41, 5.74) is 1.33. The van der Waals surface area contributed by atoms with Crippen molar-refractivity contribution in [2.75, 3.05) is 20.1 Å². The number of aliphatic hydroxyl groups excluding tert-OH is 1. The van der Waals surface area contributed by atoms with E-state index in [9.17, 15) is 0 Å². The van der Waals surface area contributed by atoms with Gasteiger partial charge in [0.25, 0.3) is 0 Å². The van der Waals surface area contributed by atoms with E-state index in [4.69, 9.17) is 5.11 Å². The molecule has 3 nitrogen and oxygen atoms in total. The number of pyridine rings is 1. The van der Waals surface area contributed by atoms with Crippen LogP contribution in [0.15, 0.2) is 24.5 Å². The van der Waals surface area contributed by atoms with Crippen LogP contribution in [0.4, 0.5) is 0 Å². The van der Waals surface area contributed by atoms with Crippen molar-refractivity contribution in [3.8, 4) is 0 Å². The minimum absolute atomic E-state index is 0.173. The molecular formula is C13H22N2O. The third-order valence-electron chi connectivity index (χ3n) is 2.69. The van der Waals surface area contributed by atoms with Gasteiger partial charge >= 0.3 is 0 Å². The molecule has 0 spiro atoms. The topological polar surface area (TPSA) is 36.4 Å². The molecule has 1 aromatic heterocycles. The van der Waals surface area contributed by atoms with Crippen LogP contribution in [0.3, 0.4) is 0 Å². The van der Waals surface area contributed by atoms with Gasteiger partial charge in [0, 0.05) is 18.9 Å². The second-order valence-electron chi connectivity index (χ2n) is 4.40. The zero-order valence-electron chi connectivity index (χ0n) is 10.3. The molecule has 0 aliphatic rings. The number of hydrogen-bond acceptors (Lipinski definition) is 3. The Labute approximate surface area is 98.1 Å². The van der Waals surface area contributed by atoms with Crippen LogP contribution < -0.4 is 0 Å². The SMILES string of the molecule is CC(O)CCCN(C)CCc1ccncc1. The second kappa shape index (κ2) is 7.36. The van der Waals surface area contributed by atoms with E-state index in [0.717, 1.165) is 32.4 Å². The summed E-state index contributed by atoms with van der Waals surface area (Å²) >= 11 is 0. The highest BCUT2D eigenvalue weighted by atomic mass is 16.3. The standard InChI is InChI=1S/C13H22N2O/c1-12(16)4-3-10-15(2)11-7-13-5-8-14-9-6-13/h5-6,8-9,12,16H,3-4,7,10-11H2,1-2H3. The first-order valence-corrected chi connectivity index (χ1v) is 5.94. The first kappa shape index (κ1) is 13.1. The fourth-order valence-corrected chi connectivity index (χ4v) is 1.64. The van der Waals surface area contributed by atoms with Crippen LogP contribution in [0.5, 0.6) is 0 Å². The summed E-state index contributed by atoms with van der Waals surface area (Å²) in [7, 11) is 2.13. The van der Waals surface area contributed by atoms with Gasteiger partial charge in [0.2, 0.25) is 0 Å². The van der Waals surface area contributed by atoms with Gasteiger partial charge in [0.05, 0.1) is 6.10 Å². The van der Waals surface area contributed by atoms with Crippen molar-refractivity contribution in [3.05, 3.63) is 30.1 Å². The fraction of sp³-hybridized carbons (Fsp3) is 0.615. The van der Waals surface area contributed by atoms with Gasteiger partial charge in [-0.05, 0) is 57.5 Å². The van der Waals surface area contributed by atoms with Crippen molar-refractivity contribution in [3.63, 3.8) is 0 Å². The monoisotopic (exact) mass is 222 g/mol. The lowest BCUT2D eigenvalue weighted by molar-refractivity contribution is 0.174. The van der Waals surface area contributed by atoms with Crippen LogP contribution in [-0.4, -0.2) is 41.2 Å². The number of rotatable bonds is 7. The van der Waals surface area contributed by atoms with Crippen molar-refractivity contribution in [2.24, 2.45) is 0 Å². The Morgan fingerprint density at radius 3 is 2.62 bits per heavy atom. The lowest BCUT2D eigenvalue weighted by Crippen LogP contribution is -2.23. The number of aromatic nitrogens is 1. The molecule has 3 heteroatoms. The molecule has 0 aliphatic carbocycles. The van der Waals surface area contributed by atoms with Gasteiger partial charge in [-0.1, -0.05) is 0 Å². The van der Waals surface area contributed by atoms with Gasteiger partial charge in [-0.3, -0.25) is 4.98 Å². The Hall–Kier alpha value is -0.930. The molecule has 16 heavy (non-hydrogen) atoms. The van der Waals surface area contributed by atoms with Crippen LogP contribution in [-0.2, 0) is 6.42 Å². The van der Waals surface area contributed by atoms with Crippen molar-refractivity contribution >= 4 is 0 Å². The molecule has 0 saturated heterocycles. The van der Waals surface area contributed by atoms with E-state index in [1.807, 2.05) is 19.3 Å². The maximum absolute atomic E-state index is 9.15. The van der Waals surface area contributed by atoms with Gasteiger partial charge in [-0.15, -0.1) is 0 Å². The van der Waals surface area contributed by atoms with E-state index in [1.54, 1.807) is 0 Å². The van der Waals surface area contributed by atoms with Gasteiger partial charge < -0.3 is 10.0 Å². The normalized spacial score (nSPS) is 13.0. The van der Waals surface area contributed by atoms with Crippen LogP contribution in [0.25, 0.3) is 0 Å². The largest absolute Gasteiger partial charge is 0.393 e. The Kier molecular flexibility index (Phi) is 6.04. The van der Waals surface area contributed by atoms with E-state index in [-0.39, 0.29) is 6.10 Å². The zero-order chi connectivity index (χ0) is 11.8. The highest BCUT2D eigenvalue weighted by Gasteiger charge is 2.01. The molecular weight excluding hydrogens is 200 g/mol. The van der Waals surface area contributed by atoms with E-state index in [1.165, 1.54) is 5.56 Å². The molecule has 1 atom stereocenters. The van der Waals surface area contributed by atoms with Crippen LogP contribution in [0.1, 0.15) is 25.3 Å². The average Bonchev–Trinajstić information content (AvgIpc) is 2.27. The maximum Gasteiger partial charge on any atom is 0.0512 e. The molecule has 1 unspecified atom stereocenters. The van der Waals surface area contributed by atoms with Crippen molar-refractivity contribution in [2.45, 2.75) is 32.3 Å². The summed E-state index contributed by atoms with van der Waals surface area (Å²) in [4.78, 5) is 6.31. The molecule has 0 amide bonds. The van der Waals surface area contributed by atoms with Crippen molar-refractivity contribution in [1.82, 2.24) is 9.88 Å². The van der Waals surface area contributed by atoms with Gasteiger partial charge in [0.15, 0.2) is 0 Å². The highest BCUT2D eigenvalue weighted by molar-refractivity contribution is 5.09. The van der Waals surface area contributed by atoms with Crippen molar-refractivity contribution < 1.29 is 5.11 Å². The Balaban J connectivity index is 2.13. The minimum atomic E-state index is -0.173. The van der Waals surface area contributed by atoms with E-state index < -0.39 is 0 Å². The molecule has 1 rings (SSSR count). The van der Waals surface area contributed by atoms with Crippen LogP contribution in [0.2, 0.25) is 0 Å². The minimum Gasteiger partial charge on any atom is -0.393 e. The predicted molar refractivity (Wildman–Crippen MR) is 66.4 cm³/mol. The average molecular weight is 222 g/mol. The third kappa shape index (κ3) is 5.83. The van der Waals surface area contributed by atoms with E-state index in [2.05, 4.69) is 29.1 Å². The van der Waals surface area contributed by atoms with Crippen molar-refractivity contribution in [1.29, 1.82) is 0 Å². The molecule has 0 aromatic carbocycles. The zero-order valence-corrected chi connectivity index (χ0v) is 10.3. The summed E-state index contributed by atoms with van der Waals surface area (Å²) in [6, 6.07) is 4.12. The Morgan fingerprint density at radius 2 is 2.00 bits per heavy atom. The summed E-state index contributed by atoms with van der Waals surface area (Å²) in [6.07, 6.45) is 6.51. The molecule has 1 heterocycles. The third-order valence-corrected chi connectivity index (χ3v) is 2.69. The van der Waals surface area contributed by atoms with Gasteiger partial charge in [-0.2, -0.15) is 0 Å². The quantitative estimate of drug-likeness (QED) is 0.763. The lowest BCUT2D eigenvalue weighted by atomic mass is 10.2. The first-order chi connectivity index (χ1) is 7.68. The Bertz CT molecular complexity index is 275. The first-order valence-electron chi connectivity index (χ1n) is 5.94. The lowest BCUT2D eigenvalue weighted by Gasteiger charge is -2.16. The highest BCUT2D eigenvalue weighted by Crippen LogP contribution is 2.01. The molecule has 0 bridgehead atoms. The van der Waals surface area contributed by atoms with E-state index in [0.29, 0.717) is 0 Å². The van der Waals surface area contributed by atoms with E-state index >= 15 is 0 Å². The summed E-state index contributed by atoms with van der Waals surface area (Å²) in [6.45, 7) is 3.96. The molecule has 90 valence electrons. The second-order valence-corrected chi connectivity index (χ2v) is 4.40. The molecule has 0 fully saturated rings. The predicted octanol–water partition coefficient (Wildman–Crippen LogP) is 1.72. The molecule has 1 N–H and O–H groups in total. The number of hydrogen-bond donors (Lipinski definition) is 1.